The van der Waals surface area contributed by atoms with Crippen molar-refractivity contribution in [3.63, 3.8) is 0 Å². The lowest BCUT2D eigenvalue weighted by Crippen LogP contribution is -2.36. The summed E-state index contributed by atoms with van der Waals surface area (Å²) in [6.45, 7) is 0.549. The Hall–Kier alpha value is -1.16. The minimum Gasteiger partial charge on any atom is -0.279 e. The van der Waals surface area contributed by atoms with E-state index in [4.69, 9.17) is 0 Å². The van der Waals surface area contributed by atoms with Crippen LogP contribution in [0.2, 0.25) is 0 Å². The minimum absolute atomic E-state index is 0.0459. The number of amides is 2. The van der Waals surface area contributed by atoms with E-state index in [0.717, 1.165) is 23.7 Å². The van der Waals surface area contributed by atoms with Crippen LogP contribution in [0.3, 0.4) is 0 Å². The van der Waals surface area contributed by atoms with Crippen molar-refractivity contribution < 1.29 is 9.59 Å². The normalized spacial score (nSPS) is 16.8. The molecule has 17 heavy (non-hydrogen) atoms. The van der Waals surface area contributed by atoms with Crippen molar-refractivity contribution in [2.24, 2.45) is 0 Å². The van der Waals surface area contributed by atoms with Crippen LogP contribution in [0, 0.1) is 0 Å². The molecule has 0 aromatic heterocycles. The number of carbonyl (C=O) groups excluding carboxylic acids is 2. The van der Waals surface area contributed by atoms with Gasteiger partial charge >= 0.3 is 0 Å². The highest BCUT2D eigenvalue weighted by Crippen LogP contribution is 2.16. The van der Waals surface area contributed by atoms with Crippen LogP contribution in [0.15, 0.2) is 28.7 Å². The van der Waals surface area contributed by atoms with E-state index in [0.29, 0.717) is 18.5 Å². The molecule has 0 saturated carbocycles. The molecule has 1 saturated heterocycles. The zero-order chi connectivity index (χ0) is 12.3. The second-order valence-electron chi connectivity index (χ2n) is 4.17. The predicted molar refractivity (Wildman–Crippen MR) is 68.7 cm³/mol. The average molecular weight is 296 g/mol. The molecule has 1 aromatic carbocycles. The number of nitrogens with zero attached hydrogens (tertiary/aromatic N) is 1. The van der Waals surface area contributed by atoms with Crippen molar-refractivity contribution in [1.82, 2.24) is 4.90 Å². The van der Waals surface area contributed by atoms with E-state index in [9.17, 15) is 9.59 Å². The van der Waals surface area contributed by atoms with Crippen molar-refractivity contribution in [3.8, 4) is 0 Å². The van der Waals surface area contributed by atoms with E-state index in [2.05, 4.69) is 15.9 Å². The van der Waals surface area contributed by atoms with E-state index >= 15 is 0 Å². The summed E-state index contributed by atoms with van der Waals surface area (Å²) in [6, 6.07) is 7.11. The summed E-state index contributed by atoms with van der Waals surface area (Å²) in [5.41, 5.74) is 0.573. The summed E-state index contributed by atoms with van der Waals surface area (Å²) >= 11 is 3.32. The number of rotatable bonds is 1. The maximum atomic E-state index is 12.2. The van der Waals surface area contributed by atoms with Gasteiger partial charge in [0, 0.05) is 23.0 Å². The Morgan fingerprint density at radius 2 is 1.82 bits per heavy atom. The Balaban J connectivity index is 2.18. The van der Waals surface area contributed by atoms with Gasteiger partial charge in [0.2, 0.25) is 5.91 Å². The number of imide groups is 1. The first-order valence-electron chi connectivity index (χ1n) is 5.79. The molecule has 0 radical (unpaired) electrons. The largest absolute Gasteiger partial charge is 0.279 e. The smallest absolute Gasteiger partial charge is 0.260 e. The van der Waals surface area contributed by atoms with Crippen molar-refractivity contribution in [2.45, 2.75) is 25.7 Å². The van der Waals surface area contributed by atoms with Crippen molar-refractivity contribution >= 4 is 27.7 Å². The number of likely N-dealkylation sites (tertiary alicyclic amines) is 1. The number of halogens is 1. The summed E-state index contributed by atoms with van der Waals surface area (Å²) in [5.74, 6) is -0.222. The lowest BCUT2D eigenvalue weighted by Gasteiger charge is -2.18. The van der Waals surface area contributed by atoms with Gasteiger partial charge in [-0.25, -0.2) is 0 Å². The second kappa shape index (κ2) is 5.45. The third-order valence-corrected chi connectivity index (χ3v) is 3.44. The lowest BCUT2D eigenvalue weighted by molar-refractivity contribution is -0.128. The summed E-state index contributed by atoms with van der Waals surface area (Å²) in [7, 11) is 0. The van der Waals surface area contributed by atoms with E-state index in [1.807, 2.05) is 12.1 Å². The first kappa shape index (κ1) is 12.3. The van der Waals surface area contributed by atoms with Gasteiger partial charge in [-0.05, 0) is 37.1 Å². The zero-order valence-electron chi connectivity index (χ0n) is 9.49. The Morgan fingerprint density at radius 3 is 2.53 bits per heavy atom. The van der Waals surface area contributed by atoms with E-state index in [1.165, 1.54) is 4.90 Å². The van der Waals surface area contributed by atoms with Crippen LogP contribution in [-0.4, -0.2) is 23.3 Å². The van der Waals surface area contributed by atoms with E-state index in [-0.39, 0.29) is 11.8 Å². The van der Waals surface area contributed by atoms with Crippen LogP contribution in [0.4, 0.5) is 0 Å². The fourth-order valence-electron chi connectivity index (χ4n) is 1.95. The first-order chi connectivity index (χ1) is 8.18. The van der Waals surface area contributed by atoms with Gasteiger partial charge in [0.1, 0.15) is 0 Å². The standard InChI is InChI=1S/C13H14BrNO2/c14-11-7-5-10(6-8-11)13(17)15-9-3-1-2-4-12(15)16/h5-8H,1-4,9H2. The predicted octanol–water partition coefficient (Wildman–Crippen LogP) is 2.99. The van der Waals surface area contributed by atoms with Crippen molar-refractivity contribution in [2.75, 3.05) is 6.54 Å². The summed E-state index contributed by atoms with van der Waals surface area (Å²) in [5, 5.41) is 0. The molecule has 0 aliphatic carbocycles. The van der Waals surface area contributed by atoms with E-state index < -0.39 is 0 Å². The highest BCUT2D eigenvalue weighted by molar-refractivity contribution is 9.10. The number of carbonyl (C=O) groups is 2. The molecule has 90 valence electrons. The van der Waals surface area contributed by atoms with Gasteiger partial charge in [-0.2, -0.15) is 0 Å². The molecule has 4 heteroatoms. The third-order valence-electron chi connectivity index (χ3n) is 2.91. The highest BCUT2D eigenvalue weighted by Gasteiger charge is 2.23. The summed E-state index contributed by atoms with van der Waals surface area (Å²) in [4.78, 5) is 25.3. The molecule has 1 aliphatic rings. The molecular weight excluding hydrogens is 282 g/mol. The summed E-state index contributed by atoms with van der Waals surface area (Å²) in [6.07, 6.45) is 3.31. The Morgan fingerprint density at radius 1 is 1.12 bits per heavy atom. The maximum absolute atomic E-state index is 12.2. The first-order valence-corrected chi connectivity index (χ1v) is 6.58. The van der Waals surface area contributed by atoms with Crippen LogP contribution < -0.4 is 0 Å². The Kier molecular flexibility index (Phi) is 3.94. The molecule has 2 amide bonds. The SMILES string of the molecule is O=C1CCCCCN1C(=O)c1ccc(Br)cc1. The molecule has 0 unspecified atom stereocenters. The van der Waals surface area contributed by atoms with Gasteiger partial charge < -0.3 is 0 Å². The molecule has 1 aromatic rings. The second-order valence-corrected chi connectivity index (χ2v) is 5.08. The van der Waals surface area contributed by atoms with Gasteiger partial charge in [-0.3, -0.25) is 14.5 Å². The van der Waals surface area contributed by atoms with Crippen molar-refractivity contribution in [3.05, 3.63) is 34.3 Å². The monoisotopic (exact) mass is 295 g/mol. The molecule has 0 atom stereocenters. The minimum atomic E-state index is -0.176. The molecule has 2 rings (SSSR count). The number of hydrogen-bond acceptors (Lipinski definition) is 2. The van der Waals surface area contributed by atoms with Gasteiger partial charge in [0.15, 0.2) is 0 Å². The molecular formula is C13H14BrNO2. The maximum Gasteiger partial charge on any atom is 0.260 e. The van der Waals surface area contributed by atoms with Gasteiger partial charge in [-0.1, -0.05) is 22.4 Å². The van der Waals surface area contributed by atoms with Crippen LogP contribution in [0.25, 0.3) is 0 Å². The fourth-order valence-corrected chi connectivity index (χ4v) is 2.21. The topological polar surface area (TPSA) is 37.4 Å². The number of benzene rings is 1. The van der Waals surface area contributed by atoms with E-state index in [1.54, 1.807) is 12.1 Å². The molecule has 0 spiro atoms. The van der Waals surface area contributed by atoms with Crippen LogP contribution in [0.5, 0.6) is 0 Å². The zero-order valence-corrected chi connectivity index (χ0v) is 11.1. The van der Waals surface area contributed by atoms with Crippen LogP contribution in [0.1, 0.15) is 36.0 Å². The third kappa shape index (κ3) is 2.94. The van der Waals surface area contributed by atoms with Gasteiger partial charge in [0.05, 0.1) is 0 Å². The average Bonchev–Trinajstić information content (AvgIpc) is 2.54. The fraction of sp³-hybridized carbons (Fsp3) is 0.385. The quantitative estimate of drug-likeness (QED) is 0.747. The van der Waals surface area contributed by atoms with Crippen LogP contribution in [-0.2, 0) is 4.79 Å². The van der Waals surface area contributed by atoms with Crippen molar-refractivity contribution in [1.29, 1.82) is 0 Å². The Labute approximate surface area is 109 Å². The van der Waals surface area contributed by atoms with Crippen LogP contribution >= 0.6 is 15.9 Å². The van der Waals surface area contributed by atoms with Gasteiger partial charge in [0.25, 0.3) is 5.91 Å². The summed E-state index contributed by atoms with van der Waals surface area (Å²) < 4.78 is 0.927. The molecule has 0 bridgehead atoms. The van der Waals surface area contributed by atoms with Gasteiger partial charge in [-0.15, -0.1) is 0 Å². The number of hydrogen-bond donors (Lipinski definition) is 0. The molecule has 3 nitrogen and oxygen atoms in total. The lowest BCUT2D eigenvalue weighted by atomic mass is 10.2. The molecule has 1 aliphatic heterocycles. The molecule has 1 heterocycles. The highest BCUT2D eigenvalue weighted by atomic mass is 79.9. The Bertz CT molecular complexity index is 428. The molecule has 0 N–H and O–H groups in total. The molecule has 1 fully saturated rings.